The van der Waals surface area contributed by atoms with Crippen LogP contribution in [0.5, 0.6) is 0 Å². The lowest BCUT2D eigenvalue weighted by molar-refractivity contribution is 0.0481. The van der Waals surface area contributed by atoms with E-state index in [1.807, 2.05) is 0 Å². The molecule has 0 aliphatic rings. The summed E-state index contributed by atoms with van der Waals surface area (Å²) in [4.78, 5) is 0. The van der Waals surface area contributed by atoms with Gasteiger partial charge >= 0.3 is 0 Å². The highest BCUT2D eigenvalue weighted by Gasteiger charge is 2.10. The molecule has 0 bridgehead atoms. The maximum atomic E-state index is 5.71. The molecule has 0 aliphatic heterocycles. The summed E-state index contributed by atoms with van der Waals surface area (Å²) in [5.41, 5.74) is 0.380. The minimum absolute atomic E-state index is 0.319. The van der Waals surface area contributed by atoms with Gasteiger partial charge in [0.2, 0.25) is 0 Å². The Balaban J connectivity index is 3.40. The van der Waals surface area contributed by atoms with Crippen LogP contribution in [0.4, 0.5) is 0 Å². The molecule has 0 saturated carbocycles. The van der Waals surface area contributed by atoms with Crippen molar-refractivity contribution in [2.75, 3.05) is 13.2 Å². The molecule has 0 radical (unpaired) electrons. The van der Waals surface area contributed by atoms with Gasteiger partial charge in [-0.25, -0.2) is 0 Å². The molecular formula is C12H27NO. The van der Waals surface area contributed by atoms with Crippen LogP contribution in [0.15, 0.2) is 0 Å². The minimum atomic E-state index is 0.319. The maximum absolute atomic E-state index is 5.71. The molecular weight excluding hydrogens is 174 g/mol. The predicted molar refractivity (Wildman–Crippen MR) is 62.6 cm³/mol. The van der Waals surface area contributed by atoms with E-state index in [0.29, 0.717) is 17.6 Å². The largest absolute Gasteiger partial charge is 0.377 e. The summed E-state index contributed by atoms with van der Waals surface area (Å²) in [6, 6.07) is 0.545. The number of ether oxygens (including phenoxy) is 1. The third kappa shape index (κ3) is 10.0. The van der Waals surface area contributed by atoms with E-state index in [9.17, 15) is 0 Å². The molecule has 1 unspecified atom stereocenters. The first-order valence-corrected chi connectivity index (χ1v) is 5.66. The fourth-order valence-corrected chi connectivity index (χ4v) is 1.03. The Morgan fingerprint density at radius 2 is 1.71 bits per heavy atom. The first-order valence-electron chi connectivity index (χ1n) is 5.66. The first-order chi connectivity index (χ1) is 6.31. The van der Waals surface area contributed by atoms with Gasteiger partial charge in [0.05, 0.1) is 6.10 Å². The van der Waals surface area contributed by atoms with Crippen molar-refractivity contribution in [1.82, 2.24) is 5.32 Å². The van der Waals surface area contributed by atoms with Crippen LogP contribution in [-0.2, 0) is 4.74 Å². The standard InChI is InChI=1S/C12H27NO/c1-10(2)13-9-11(3)14-8-7-12(4,5)6/h10-11,13H,7-9H2,1-6H3. The van der Waals surface area contributed by atoms with Crippen molar-refractivity contribution >= 4 is 0 Å². The fraction of sp³-hybridized carbons (Fsp3) is 1.00. The van der Waals surface area contributed by atoms with Gasteiger partial charge in [0.1, 0.15) is 0 Å². The second kappa shape index (κ2) is 6.41. The van der Waals surface area contributed by atoms with Crippen LogP contribution in [-0.4, -0.2) is 25.3 Å². The van der Waals surface area contributed by atoms with Gasteiger partial charge in [-0.1, -0.05) is 34.6 Å². The summed E-state index contributed by atoms with van der Waals surface area (Å²) < 4.78 is 5.71. The monoisotopic (exact) mass is 201 g/mol. The van der Waals surface area contributed by atoms with Crippen LogP contribution in [0.3, 0.4) is 0 Å². The zero-order valence-electron chi connectivity index (χ0n) is 10.7. The van der Waals surface area contributed by atoms with Crippen molar-refractivity contribution in [3.05, 3.63) is 0 Å². The lowest BCUT2D eigenvalue weighted by Gasteiger charge is -2.21. The van der Waals surface area contributed by atoms with E-state index >= 15 is 0 Å². The molecule has 0 aromatic rings. The summed E-state index contributed by atoms with van der Waals surface area (Å²) >= 11 is 0. The number of nitrogens with one attached hydrogen (secondary N) is 1. The van der Waals surface area contributed by atoms with Gasteiger partial charge < -0.3 is 10.1 Å². The van der Waals surface area contributed by atoms with Crippen molar-refractivity contribution < 1.29 is 4.74 Å². The molecule has 0 fully saturated rings. The summed E-state index contributed by atoms with van der Waals surface area (Å²) in [5, 5.41) is 3.37. The highest BCUT2D eigenvalue weighted by Crippen LogP contribution is 2.18. The van der Waals surface area contributed by atoms with E-state index in [4.69, 9.17) is 4.74 Å². The topological polar surface area (TPSA) is 21.3 Å². The van der Waals surface area contributed by atoms with Gasteiger partial charge in [0, 0.05) is 19.2 Å². The molecule has 0 aromatic carbocycles. The van der Waals surface area contributed by atoms with E-state index in [0.717, 1.165) is 19.6 Å². The third-order valence-corrected chi connectivity index (χ3v) is 2.07. The Hall–Kier alpha value is -0.0800. The van der Waals surface area contributed by atoms with Crippen LogP contribution in [0.25, 0.3) is 0 Å². The summed E-state index contributed by atoms with van der Waals surface area (Å²) in [6.45, 7) is 15.0. The summed E-state index contributed by atoms with van der Waals surface area (Å²) in [7, 11) is 0. The van der Waals surface area contributed by atoms with E-state index in [-0.39, 0.29) is 0 Å². The Labute approximate surface area is 89.4 Å². The predicted octanol–water partition coefficient (Wildman–Crippen LogP) is 2.83. The second-order valence-electron chi connectivity index (χ2n) is 5.56. The van der Waals surface area contributed by atoms with E-state index in [2.05, 4.69) is 46.9 Å². The summed E-state index contributed by atoms with van der Waals surface area (Å²) in [6.07, 6.45) is 1.44. The molecule has 0 saturated heterocycles. The zero-order valence-corrected chi connectivity index (χ0v) is 10.7. The minimum Gasteiger partial charge on any atom is -0.377 e. The fourth-order valence-electron chi connectivity index (χ4n) is 1.03. The molecule has 1 N–H and O–H groups in total. The van der Waals surface area contributed by atoms with Gasteiger partial charge in [-0.05, 0) is 18.8 Å². The molecule has 0 amide bonds. The van der Waals surface area contributed by atoms with Crippen LogP contribution in [0.1, 0.15) is 48.0 Å². The van der Waals surface area contributed by atoms with Gasteiger partial charge in [0.15, 0.2) is 0 Å². The van der Waals surface area contributed by atoms with Crippen molar-refractivity contribution in [3.8, 4) is 0 Å². The third-order valence-electron chi connectivity index (χ3n) is 2.07. The maximum Gasteiger partial charge on any atom is 0.0671 e. The smallest absolute Gasteiger partial charge is 0.0671 e. The molecule has 0 aromatic heterocycles. The zero-order chi connectivity index (χ0) is 11.2. The molecule has 86 valence electrons. The highest BCUT2D eigenvalue weighted by atomic mass is 16.5. The lowest BCUT2D eigenvalue weighted by Crippen LogP contribution is -2.32. The molecule has 2 heteroatoms. The molecule has 14 heavy (non-hydrogen) atoms. The number of rotatable bonds is 6. The Bertz CT molecular complexity index is 138. The van der Waals surface area contributed by atoms with Crippen LogP contribution in [0.2, 0.25) is 0 Å². The van der Waals surface area contributed by atoms with Crippen LogP contribution >= 0.6 is 0 Å². The first kappa shape index (κ1) is 13.9. The highest BCUT2D eigenvalue weighted by molar-refractivity contribution is 4.62. The van der Waals surface area contributed by atoms with Gasteiger partial charge in [-0.3, -0.25) is 0 Å². The Kier molecular flexibility index (Phi) is 6.38. The summed E-state index contributed by atoms with van der Waals surface area (Å²) in [5.74, 6) is 0. The quantitative estimate of drug-likeness (QED) is 0.713. The SMILES string of the molecule is CC(C)NCC(C)OCCC(C)(C)C. The molecule has 1 atom stereocenters. The van der Waals surface area contributed by atoms with E-state index < -0.39 is 0 Å². The number of hydrogen-bond acceptors (Lipinski definition) is 2. The molecule has 0 rings (SSSR count). The van der Waals surface area contributed by atoms with E-state index in [1.165, 1.54) is 0 Å². The average molecular weight is 201 g/mol. The van der Waals surface area contributed by atoms with Crippen molar-refractivity contribution in [1.29, 1.82) is 0 Å². The molecule has 2 nitrogen and oxygen atoms in total. The van der Waals surface area contributed by atoms with Crippen molar-refractivity contribution in [2.24, 2.45) is 5.41 Å². The van der Waals surface area contributed by atoms with Crippen LogP contribution in [0, 0.1) is 5.41 Å². The van der Waals surface area contributed by atoms with Crippen LogP contribution < -0.4 is 5.32 Å². The average Bonchev–Trinajstić information content (AvgIpc) is 1.98. The Morgan fingerprint density at radius 1 is 1.14 bits per heavy atom. The van der Waals surface area contributed by atoms with Gasteiger partial charge in [0.25, 0.3) is 0 Å². The molecule has 0 aliphatic carbocycles. The number of hydrogen-bond donors (Lipinski definition) is 1. The lowest BCUT2D eigenvalue weighted by atomic mass is 9.93. The van der Waals surface area contributed by atoms with E-state index in [1.54, 1.807) is 0 Å². The normalized spacial score (nSPS) is 14.8. The van der Waals surface area contributed by atoms with Crippen molar-refractivity contribution in [2.45, 2.75) is 60.1 Å². The molecule has 0 spiro atoms. The molecule has 0 heterocycles. The second-order valence-corrected chi connectivity index (χ2v) is 5.56. The van der Waals surface area contributed by atoms with Crippen molar-refractivity contribution in [3.63, 3.8) is 0 Å². The Morgan fingerprint density at radius 3 is 2.14 bits per heavy atom. The van der Waals surface area contributed by atoms with Gasteiger partial charge in [-0.15, -0.1) is 0 Å². The van der Waals surface area contributed by atoms with Gasteiger partial charge in [-0.2, -0.15) is 0 Å².